The van der Waals surface area contributed by atoms with Crippen LogP contribution >= 0.6 is 0 Å². The Morgan fingerprint density at radius 3 is 2.50 bits per heavy atom. The van der Waals surface area contributed by atoms with Gasteiger partial charge in [-0.1, -0.05) is 24.3 Å². The molecule has 0 aliphatic heterocycles. The van der Waals surface area contributed by atoms with Gasteiger partial charge in [-0.05, 0) is 30.3 Å². The summed E-state index contributed by atoms with van der Waals surface area (Å²) in [6.07, 6.45) is 3.72. The minimum Gasteiger partial charge on any atom is -0.496 e. The van der Waals surface area contributed by atoms with E-state index in [1.165, 1.54) is 0 Å². The molecule has 5 nitrogen and oxygen atoms in total. The standard InChI is InChI=1S/C21H19N3O2/c1-25-18-9-4-3-8-17(18)20-16(14-24-12-6-11-22-24)13-15-7-5-10-19(26-2)21(15)23-20/h3-13H,14H2,1-2H3. The molecule has 0 aliphatic carbocycles. The molecule has 2 aromatic carbocycles. The van der Waals surface area contributed by atoms with E-state index in [0.717, 1.165) is 39.2 Å². The zero-order valence-corrected chi connectivity index (χ0v) is 14.7. The number of pyridine rings is 1. The Balaban J connectivity index is 1.98. The number of rotatable bonds is 5. The second-order valence-electron chi connectivity index (χ2n) is 5.93. The normalized spacial score (nSPS) is 10.8. The van der Waals surface area contributed by atoms with E-state index in [-0.39, 0.29) is 0 Å². The molecule has 5 heteroatoms. The van der Waals surface area contributed by atoms with E-state index in [0.29, 0.717) is 6.54 Å². The molecule has 2 aromatic heterocycles. The number of aromatic nitrogens is 3. The van der Waals surface area contributed by atoms with Crippen molar-refractivity contribution in [2.45, 2.75) is 6.54 Å². The lowest BCUT2D eigenvalue weighted by molar-refractivity contribution is 0.416. The Bertz CT molecular complexity index is 1040. The molecule has 130 valence electrons. The van der Waals surface area contributed by atoms with Crippen molar-refractivity contribution in [1.29, 1.82) is 0 Å². The average molecular weight is 345 g/mol. The van der Waals surface area contributed by atoms with Crippen LogP contribution in [0.4, 0.5) is 0 Å². The molecule has 4 rings (SSSR count). The number of para-hydroxylation sites is 2. The Labute approximate surface area is 151 Å². The Kier molecular flexibility index (Phi) is 4.27. The molecule has 4 aromatic rings. The Morgan fingerprint density at radius 1 is 0.923 bits per heavy atom. The minimum atomic E-state index is 0.626. The van der Waals surface area contributed by atoms with Gasteiger partial charge in [-0.25, -0.2) is 4.98 Å². The van der Waals surface area contributed by atoms with E-state index in [1.807, 2.05) is 59.4 Å². The van der Waals surface area contributed by atoms with Crippen LogP contribution in [0.25, 0.3) is 22.2 Å². The third kappa shape index (κ3) is 2.88. The van der Waals surface area contributed by atoms with E-state index in [2.05, 4.69) is 11.2 Å². The molecule has 0 saturated carbocycles. The van der Waals surface area contributed by atoms with Crippen LogP contribution in [-0.4, -0.2) is 29.0 Å². The molecule has 2 heterocycles. The van der Waals surface area contributed by atoms with Crippen molar-refractivity contribution in [2.75, 3.05) is 14.2 Å². The van der Waals surface area contributed by atoms with Crippen LogP contribution in [0.15, 0.2) is 67.0 Å². The monoisotopic (exact) mass is 345 g/mol. The number of fused-ring (bicyclic) bond motifs is 1. The maximum absolute atomic E-state index is 5.56. The van der Waals surface area contributed by atoms with Gasteiger partial charge in [0.15, 0.2) is 0 Å². The molecule has 0 amide bonds. The van der Waals surface area contributed by atoms with E-state index in [1.54, 1.807) is 20.4 Å². The van der Waals surface area contributed by atoms with Gasteiger partial charge in [0, 0.05) is 28.9 Å². The number of benzene rings is 2. The molecule has 0 unspecified atom stereocenters. The van der Waals surface area contributed by atoms with Crippen molar-refractivity contribution in [3.05, 3.63) is 72.6 Å². The highest BCUT2D eigenvalue weighted by molar-refractivity contribution is 5.88. The second kappa shape index (κ2) is 6.88. The fraction of sp³-hybridized carbons (Fsp3) is 0.143. The smallest absolute Gasteiger partial charge is 0.145 e. The maximum Gasteiger partial charge on any atom is 0.145 e. The third-order valence-corrected chi connectivity index (χ3v) is 4.36. The largest absolute Gasteiger partial charge is 0.496 e. The molecule has 0 aliphatic rings. The van der Waals surface area contributed by atoms with E-state index in [4.69, 9.17) is 14.5 Å². The van der Waals surface area contributed by atoms with Crippen LogP contribution < -0.4 is 9.47 Å². The van der Waals surface area contributed by atoms with Crippen molar-refractivity contribution in [2.24, 2.45) is 0 Å². The van der Waals surface area contributed by atoms with Crippen molar-refractivity contribution < 1.29 is 9.47 Å². The molecule has 26 heavy (non-hydrogen) atoms. The lowest BCUT2D eigenvalue weighted by atomic mass is 10.0. The molecular formula is C21H19N3O2. The number of ether oxygens (including phenoxy) is 2. The summed E-state index contributed by atoms with van der Waals surface area (Å²) in [4.78, 5) is 4.96. The summed E-state index contributed by atoms with van der Waals surface area (Å²) in [5.41, 5.74) is 3.72. The molecule has 0 saturated heterocycles. The van der Waals surface area contributed by atoms with Gasteiger partial charge in [-0.2, -0.15) is 5.10 Å². The fourth-order valence-corrected chi connectivity index (χ4v) is 3.14. The van der Waals surface area contributed by atoms with Crippen molar-refractivity contribution >= 4 is 10.9 Å². The molecule has 0 spiro atoms. The van der Waals surface area contributed by atoms with Crippen LogP contribution in [0, 0.1) is 0 Å². The molecule has 0 radical (unpaired) electrons. The first-order chi connectivity index (χ1) is 12.8. The average Bonchev–Trinajstić information content (AvgIpc) is 3.20. The highest BCUT2D eigenvalue weighted by atomic mass is 16.5. The highest BCUT2D eigenvalue weighted by Crippen LogP contribution is 2.35. The van der Waals surface area contributed by atoms with E-state index in [9.17, 15) is 0 Å². The number of nitrogens with zero attached hydrogens (tertiary/aromatic N) is 3. The van der Waals surface area contributed by atoms with Crippen molar-refractivity contribution in [1.82, 2.24) is 14.8 Å². The Morgan fingerprint density at radius 2 is 1.73 bits per heavy atom. The summed E-state index contributed by atoms with van der Waals surface area (Å²) in [6.45, 7) is 0.626. The summed E-state index contributed by atoms with van der Waals surface area (Å²) in [5.74, 6) is 1.54. The predicted molar refractivity (Wildman–Crippen MR) is 102 cm³/mol. The van der Waals surface area contributed by atoms with E-state index < -0.39 is 0 Å². The Hall–Kier alpha value is -3.34. The number of hydrogen-bond acceptors (Lipinski definition) is 4. The zero-order valence-electron chi connectivity index (χ0n) is 14.7. The first kappa shape index (κ1) is 16.1. The number of hydrogen-bond donors (Lipinski definition) is 0. The summed E-state index contributed by atoms with van der Waals surface area (Å²) in [7, 11) is 3.34. The van der Waals surface area contributed by atoms with Crippen LogP contribution in [0.3, 0.4) is 0 Å². The molecular weight excluding hydrogens is 326 g/mol. The highest BCUT2D eigenvalue weighted by Gasteiger charge is 2.15. The first-order valence-corrected chi connectivity index (χ1v) is 8.37. The molecule has 0 bridgehead atoms. The van der Waals surface area contributed by atoms with Gasteiger partial charge in [0.2, 0.25) is 0 Å². The molecule has 0 fully saturated rings. The maximum atomic E-state index is 5.56. The SMILES string of the molecule is COc1ccccc1-c1nc2c(OC)cccc2cc1Cn1cccn1. The van der Waals surface area contributed by atoms with Crippen LogP contribution in [-0.2, 0) is 6.54 Å². The van der Waals surface area contributed by atoms with Crippen LogP contribution in [0.1, 0.15) is 5.56 Å². The second-order valence-corrected chi connectivity index (χ2v) is 5.93. The van der Waals surface area contributed by atoms with Gasteiger partial charge in [-0.3, -0.25) is 4.68 Å². The molecule has 0 N–H and O–H groups in total. The van der Waals surface area contributed by atoms with Gasteiger partial charge in [0.25, 0.3) is 0 Å². The van der Waals surface area contributed by atoms with Gasteiger partial charge >= 0.3 is 0 Å². The third-order valence-electron chi connectivity index (χ3n) is 4.36. The topological polar surface area (TPSA) is 49.2 Å². The summed E-state index contributed by atoms with van der Waals surface area (Å²) in [5, 5.41) is 5.37. The van der Waals surface area contributed by atoms with Crippen LogP contribution in [0.2, 0.25) is 0 Å². The van der Waals surface area contributed by atoms with E-state index >= 15 is 0 Å². The summed E-state index contributed by atoms with van der Waals surface area (Å²) in [6, 6.07) is 17.9. The van der Waals surface area contributed by atoms with Crippen LogP contribution in [0.5, 0.6) is 11.5 Å². The summed E-state index contributed by atoms with van der Waals surface area (Å²) < 4.78 is 13.0. The van der Waals surface area contributed by atoms with Gasteiger partial charge in [0.05, 0.1) is 26.5 Å². The number of methoxy groups -OCH3 is 2. The predicted octanol–water partition coefficient (Wildman–Crippen LogP) is 4.16. The van der Waals surface area contributed by atoms with Crippen molar-refractivity contribution in [3.63, 3.8) is 0 Å². The summed E-state index contributed by atoms with van der Waals surface area (Å²) >= 11 is 0. The first-order valence-electron chi connectivity index (χ1n) is 8.37. The van der Waals surface area contributed by atoms with Gasteiger partial charge in [0.1, 0.15) is 17.0 Å². The quantitative estimate of drug-likeness (QED) is 0.545. The minimum absolute atomic E-state index is 0.626. The molecule has 0 atom stereocenters. The fourth-order valence-electron chi connectivity index (χ4n) is 3.14. The van der Waals surface area contributed by atoms with Crippen molar-refractivity contribution in [3.8, 4) is 22.8 Å². The lowest BCUT2D eigenvalue weighted by Gasteiger charge is -2.15. The van der Waals surface area contributed by atoms with Gasteiger partial charge < -0.3 is 9.47 Å². The van der Waals surface area contributed by atoms with Gasteiger partial charge in [-0.15, -0.1) is 0 Å². The lowest BCUT2D eigenvalue weighted by Crippen LogP contribution is -2.04. The zero-order chi connectivity index (χ0) is 17.9.